The molecule has 116 valence electrons. The molecule has 0 bridgehead atoms. The molecule has 1 aromatic rings. The molecule has 0 aliphatic rings. The fourth-order valence-corrected chi connectivity index (χ4v) is 1.84. The normalized spacial score (nSPS) is 12.3. The molecule has 2 amide bonds. The average Bonchev–Trinajstić information content (AvgIpc) is 2.39. The van der Waals surface area contributed by atoms with Gasteiger partial charge in [-0.3, -0.25) is 14.5 Å². The predicted octanol–water partition coefficient (Wildman–Crippen LogP) is 2.12. The Hall–Kier alpha value is -1.59. The van der Waals surface area contributed by atoms with Gasteiger partial charge in [0.1, 0.15) is 0 Å². The maximum atomic E-state index is 12.1. The van der Waals surface area contributed by atoms with Gasteiger partial charge in [0.2, 0.25) is 11.8 Å². The van der Waals surface area contributed by atoms with Crippen molar-refractivity contribution in [3.05, 3.63) is 29.3 Å². The lowest BCUT2D eigenvalue weighted by Gasteiger charge is -2.23. The van der Waals surface area contributed by atoms with Gasteiger partial charge in [0.15, 0.2) is 0 Å². The second-order valence-electron chi connectivity index (χ2n) is 5.31. The maximum Gasteiger partial charge on any atom is 0.241 e. The lowest BCUT2D eigenvalue weighted by molar-refractivity contribution is -0.125. The monoisotopic (exact) mass is 311 g/mol. The van der Waals surface area contributed by atoms with E-state index in [4.69, 9.17) is 11.6 Å². The largest absolute Gasteiger partial charge is 0.353 e. The Bertz CT molecular complexity index is 488. The standard InChI is InChI=1S/C15H22ClN3O2/c1-10(2)17-14(20)9-19(4)11(3)15(21)18-13-7-5-12(16)6-8-13/h5-8,10-11H,9H2,1-4H3,(H,17,20)(H,18,21)/t11-/m1/s1. The number of amides is 2. The summed E-state index contributed by atoms with van der Waals surface area (Å²) in [6.45, 7) is 5.73. The number of halogens is 1. The summed E-state index contributed by atoms with van der Waals surface area (Å²) in [5.74, 6) is -0.268. The highest BCUT2D eigenvalue weighted by atomic mass is 35.5. The first-order chi connectivity index (χ1) is 9.79. The molecule has 0 saturated carbocycles. The topological polar surface area (TPSA) is 61.4 Å². The van der Waals surface area contributed by atoms with Gasteiger partial charge in [-0.05, 0) is 52.1 Å². The van der Waals surface area contributed by atoms with Crippen LogP contribution in [-0.2, 0) is 9.59 Å². The van der Waals surface area contributed by atoms with Gasteiger partial charge < -0.3 is 10.6 Å². The fraction of sp³-hybridized carbons (Fsp3) is 0.467. The number of rotatable bonds is 6. The van der Waals surface area contributed by atoms with Gasteiger partial charge >= 0.3 is 0 Å². The van der Waals surface area contributed by atoms with Crippen LogP contribution in [0, 0.1) is 0 Å². The molecule has 0 heterocycles. The number of carbonyl (C=O) groups is 2. The molecule has 0 fully saturated rings. The molecule has 6 heteroatoms. The van der Waals surface area contributed by atoms with Gasteiger partial charge in [-0.1, -0.05) is 11.6 Å². The molecule has 5 nitrogen and oxygen atoms in total. The summed E-state index contributed by atoms with van der Waals surface area (Å²) < 4.78 is 0. The molecule has 0 spiro atoms. The minimum absolute atomic E-state index is 0.0871. The summed E-state index contributed by atoms with van der Waals surface area (Å²) >= 11 is 5.79. The predicted molar refractivity (Wildman–Crippen MR) is 85.5 cm³/mol. The average molecular weight is 312 g/mol. The molecule has 0 radical (unpaired) electrons. The van der Waals surface area contributed by atoms with E-state index in [1.165, 1.54) is 0 Å². The van der Waals surface area contributed by atoms with Crippen LogP contribution >= 0.6 is 11.6 Å². The zero-order valence-electron chi connectivity index (χ0n) is 12.8. The van der Waals surface area contributed by atoms with Crippen LogP contribution < -0.4 is 10.6 Å². The van der Waals surface area contributed by atoms with E-state index in [2.05, 4.69) is 10.6 Å². The third kappa shape index (κ3) is 6.14. The van der Waals surface area contributed by atoms with Crippen molar-refractivity contribution in [2.75, 3.05) is 18.9 Å². The van der Waals surface area contributed by atoms with Gasteiger partial charge in [0.25, 0.3) is 0 Å². The van der Waals surface area contributed by atoms with E-state index < -0.39 is 6.04 Å². The molecule has 0 unspecified atom stereocenters. The van der Waals surface area contributed by atoms with Crippen molar-refractivity contribution in [3.63, 3.8) is 0 Å². The first-order valence-corrected chi connectivity index (χ1v) is 7.23. The number of carbonyl (C=O) groups excluding carboxylic acids is 2. The molecule has 0 aromatic heterocycles. The van der Waals surface area contributed by atoms with Crippen LogP contribution in [0.4, 0.5) is 5.69 Å². The number of nitrogens with zero attached hydrogens (tertiary/aromatic N) is 1. The zero-order valence-corrected chi connectivity index (χ0v) is 13.6. The van der Waals surface area contributed by atoms with Crippen LogP contribution in [0.3, 0.4) is 0 Å². The van der Waals surface area contributed by atoms with Crippen molar-refractivity contribution in [2.45, 2.75) is 32.9 Å². The molecule has 1 atom stereocenters. The summed E-state index contributed by atoms with van der Waals surface area (Å²) in [4.78, 5) is 25.5. The quantitative estimate of drug-likeness (QED) is 0.846. The highest BCUT2D eigenvalue weighted by molar-refractivity contribution is 6.30. The van der Waals surface area contributed by atoms with Crippen molar-refractivity contribution < 1.29 is 9.59 Å². The van der Waals surface area contributed by atoms with Crippen molar-refractivity contribution in [2.24, 2.45) is 0 Å². The van der Waals surface area contributed by atoms with Crippen molar-refractivity contribution >= 4 is 29.1 Å². The molecule has 2 N–H and O–H groups in total. The number of benzene rings is 1. The molecule has 0 saturated heterocycles. The molecule has 0 aliphatic carbocycles. The van der Waals surface area contributed by atoms with Crippen molar-refractivity contribution in [3.8, 4) is 0 Å². The Morgan fingerprint density at radius 3 is 2.29 bits per heavy atom. The Morgan fingerprint density at radius 1 is 1.19 bits per heavy atom. The van der Waals surface area contributed by atoms with Crippen molar-refractivity contribution in [1.29, 1.82) is 0 Å². The number of anilines is 1. The fourth-order valence-electron chi connectivity index (χ4n) is 1.71. The van der Waals surface area contributed by atoms with E-state index in [0.717, 1.165) is 0 Å². The Kier molecular flexibility index (Phi) is 6.65. The van der Waals surface area contributed by atoms with Crippen LogP contribution in [0.5, 0.6) is 0 Å². The highest BCUT2D eigenvalue weighted by Crippen LogP contribution is 2.14. The Balaban J connectivity index is 2.53. The van der Waals surface area contributed by atoms with E-state index in [-0.39, 0.29) is 24.4 Å². The van der Waals surface area contributed by atoms with E-state index in [9.17, 15) is 9.59 Å². The molecular weight excluding hydrogens is 290 g/mol. The van der Waals surface area contributed by atoms with E-state index in [0.29, 0.717) is 10.7 Å². The van der Waals surface area contributed by atoms with E-state index in [1.807, 2.05) is 13.8 Å². The minimum Gasteiger partial charge on any atom is -0.353 e. The van der Waals surface area contributed by atoms with E-state index in [1.54, 1.807) is 43.1 Å². The third-order valence-corrected chi connectivity index (χ3v) is 3.25. The molecule has 0 aliphatic heterocycles. The number of likely N-dealkylation sites (N-methyl/N-ethyl adjacent to an activating group) is 1. The minimum atomic E-state index is -0.418. The SMILES string of the molecule is CC(C)NC(=O)CN(C)[C@H](C)C(=O)Nc1ccc(Cl)cc1. The summed E-state index contributed by atoms with van der Waals surface area (Å²) in [6, 6.07) is 6.56. The Morgan fingerprint density at radius 2 is 1.76 bits per heavy atom. The van der Waals surface area contributed by atoms with Gasteiger partial charge in [-0.15, -0.1) is 0 Å². The van der Waals surface area contributed by atoms with Gasteiger partial charge in [0.05, 0.1) is 12.6 Å². The highest BCUT2D eigenvalue weighted by Gasteiger charge is 2.20. The third-order valence-electron chi connectivity index (χ3n) is 3.00. The van der Waals surface area contributed by atoms with Crippen LogP contribution in [0.15, 0.2) is 24.3 Å². The van der Waals surface area contributed by atoms with Gasteiger partial charge in [0, 0.05) is 16.8 Å². The first kappa shape index (κ1) is 17.5. The van der Waals surface area contributed by atoms with E-state index >= 15 is 0 Å². The summed E-state index contributed by atoms with van der Waals surface area (Å²) in [6.07, 6.45) is 0. The lowest BCUT2D eigenvalue weighted by atomic mass is 10.2. The molecule has 1 rings (SSSR count). The number of hydrogen-bond acceptors (Lipinski definition) is 3. The van der Waals surface area contributed by atoms with Crippen molar-refractivity contribution in [1.82, 2.24) is 10.2 Å². The second kappa shape index (κ2) is 8.00. The number of hydrogen-bond donors (Lipinski definition) is 2. The molecule has 21 heavy (non-hydrogen) atoms. The first-order valence-electron chi connectivity index (χ1n) is 6.85. The molecule has 1 aromatic carbocycles. The van der Waals surface area contributed by atoms with Crippen LogP contribution in [0.25, 0.3) is 0 Å². The van der Waals surface area contributed by atoms with Crippen LogP contribution in [0.1, 0.15) is 20.8 Å². The maximum absolute atomic E-state index is 12.1. The molecular formula is C15H22ClN3O2. The van der Waals surface area contributed by atoms with Crippen LogP contribution in [-0.4, -0.2) is 42.4 Å². The zero-order chi connectivity index (χ0) is 16.0. The summed E-state index contributed by atoms with van der Waals surface area (Å²) in [7, 11) is 1.74. The Labute approximate surface area is 130 Å². The van der Waals surface area contributed by atoms with Gasteiger partial charge in [-0.2, -0.15) is 0 Å². The second-order valence-corrected chi connectivity index (χ2v) is 5.75. The summed E-state index contributed by atoms with van der Waals surface area (Å²) in [5, 5.41) is 6.20. The number of nitrogens with one attached hydrogen (secondary N) is 2. The van der Waals surface area contributed by atoms with Gasteiger partial charge in [-0.25, -0.2) is 0 Å². The smallest absolute Gasteiger partial charge is 0.241 e. The summed E-state index contributed by atoms with van der Waals surface area (Å²) in [5.41, 5.74) is 0.677. The lowest BCUT2D eigenvalue weighted by Crippen LogP contribution is -2.45. The van der Waals surface area contributed by atoms with Crippen LogP contribution in [0.2, 0.25) is 5.02 Å².